The van der Waals surface area contributed by atoms with Crippen LogP contribution >= 0.6 is 0 Å². The van der Waals surface area contributed by atoms with E-state index in [4.69, 9.17) is 15.3 Å². The molecule has 4 heteroatoms. The first-order chi connectivity index (χ1) is 4.63. The van der Waals surface area contributed by atoms with Gasteiger partial charge < -0.3 is 15.3 Å². The molecule has 60 valence electrons. The van der Waals surface area contributed by atoms with E-state index in [1.807, 2.05) is 0 Å². The number of hydrogen-bond acceptors (Lipinski definition) is 4. The van der Waals surface area contributed by atoms with Crippen LogP contribution < -0.4 is 0 Å². The average molecular weight is 148 g/mol. The van der Waals surface area contributed by atoms with Gasteiger partial charge in [0.05, 0.1) is 6.10 Å². The topological polar surface area (TPSA) is 77.8 Å². The first-order valence-electron chi connectivity index (χ1n) is 3.13. The SMILES string of the molecule is CC[C@H](O)[C@@H](O)C(=O)CO. The molecule has 10 heavy (non-hydrogen) atoms. The monoisotopic (exact) mass is 148 g/mol. The lowest BCUT2D eigenvalue weighted by Crippen LogP contribution is -2.35. The van der Waals surface area contributed by atoms with Crippen LogP contribution in [0.1, 0.15) is 13.3 Å². The minimum absolute atomic E-state index is 0.299. The van der Waals surface area contributed by atoms with Gasteiger partial charge >= 0.3 is 0 Å². The summed E-state index contributed by atoms with van der Waals surface area (Å²) in [6, 6.07) is 0. The molecule has 0 aliphatic heterocycles. The number of carbonyl (C=O) groups is 1. The highest BCUT2D eigenvalue weighted by atomic mass is 16.3. The van der Waals surface area contributed by atoms with E-state index in [1.54, 1.807) is 6.92 Å². The summed E-state index contributed by atoms with van der Waals surface area (Å²) in [4.78, 5) is 10.5. The summed E-state index contributed by atoms with van der Waals surface area (Å²) in [6.07, 6.45) is -2.19. The van der Waals surface area contributed by atoms with Crippen molar-refractivity contribution in [3.63, 3.8) is 0 Å². The lowest BCUT2D eigenvalue weighted by molar-refractivity contribution is -0.135. The zero-order chi connectivity index (χ0) is 8.15. The molecule has 0 aromatic carbocycles. The third kappa shape index (κ3) is 2.43. The van der Waals surface area contributed by atoms with Crippen molar-refractivity contribution in [1.29, 1.82) is 0 Å². The average Bonchev–Trinajstić information content (AvgIpc) is 2.00. The third-order valence-electron chi connectivity index (χ3n) is 1.27. The van der Waals surface area contributed by atoms with Crippen molar-refractivity contribution < 1.29 is 20.1 Å². The number of hydrogen-bond donors (Lipinski definition) is 3. The van der Waals surface area contributed by atoms with Gasteiger partial charge in [-0.15, -0.1) is 0 Å². The van der Waals surface area contributed by atoms with Gasteiger partial charge in [-0.1, -0.05) is 6.92 Å². The van der Waals surface area contributed by atoms with Gasteiger partial charge in [-0.2, -0.15) is 0 Å². The first-order valence-corrected chi connectivity index (χ1v) is 3.13. The Hall–Kier alpha value is -0.450. The van der Waals surface area contributed by atoms with Crippen LogP contribution in [0, 0.1) is 0 Å². The zero-order valence-electron chi connectivity index (χ0n) is 5.82. The number of aliphatic hydroxyl groups is 3. The molecule has 3 N–H and O–H groups in total. The fraction of sp³-hybridized carbons (Fsp3) is 0.833. The number of ketones is 1. The van der Waals surface area contributed by atoms with Gasteiger partial charge in [0.25, 0.3) is 0 Å². The van der Waals surface area contributed by atoms with Crippen molar-refractivity contribution >= 4 is 5.78 Å². The van der Waals surface area contributed by atoms with E-state index >= 15 is 0 Å². The van der Waals surface area contributed by atoms with Crippen molar-refractivity contribution in [2.45, 2.75) is 25.6 Å². The summed E-state index contributed by atoms with van der Waals surface area (Å²) in [6.45, 7) is 0.913. The van der Waals surface area contributed by atoms with Gasteiger partial charge in [0.2, 0.25) is 0 Å². The van der Waals surface area contributed by atoms with E-state index in [-0.39, 0.29) is 0 Å². The molecule has 0 aliphatic carbocycles. The van der Waals surface area contributed by atoms with E-state index in [1.165, 1.54) is 0 Å². The maximum atomic E-state index is 10.5. The molecule has 0 bridgehead atoms. The van der Waals surface area contributed by atoms with Crippen LogP contribution in [-0.4, -0.2) is 39.9 Å². The molecule has 2 atom stereocenters. The summed E-state index contributed by atoms with van der Waals surface area (Å²) in [5.41, 5.74) is 0. The van der Waals surface area contributed by atoms with Gasteiger partial charge in [0.15, 0.2) is 5.78 Å². The molecule has 0 saturated carbocycles. The number of aliphatic hydroxyl groups excluding tert-OH is 3. The van der Waals surface area contributed by atoms with Gasteiger partial charge in [0.1, 0.15) is 12.7 Å². The maximum Gasteiger partial charge on any atom is 0.189 e. The van der Waals surface area contributed by atoms with Crippen molar-refractivity contribution in [3.8, 4) is 0 Å². The fourth-order valence-corrected chi connectivity index (χ4v) is 0.531. The van der Waals surface area contributed by atoms with Gasteiger partial charge in [-0.25, -0.2) is 0 Å². The molecule has 0 rings (SSSR count). The normalized spacial score (nSPS) is 16.4. The van der Waals surface area contributed by atoms with Crippen LogP contribution in [-0.2, 0) is 4.79 Å². The van der Waals surface area contributed by atoms with Crippen LogP contribution in [0.5, 0.6) is 0 Å². The number of rotatable bonds is 4. The molecule has 0 aromatic heterocycles. The largest absolute Gasteiger partial charge is 0.390 e. The molecule has 0 heterocycles. The molecular weight excluding hydrogens is 136 g/mol. The van der Waals surface area contributed by atoms with Gasteiger partial charge in [-0.3, -0.25) is 4.79 Å². The second-order valence-electron chi connectivity index (χ2n) is 2.04. The predicted molar refractivity (Wildman–Crippen MR) is 34.4 cm³/mol. The van der Waals surface area contributed by atoms with Crippen LogP contribution in [0.15, 0.2) is 0 Å². The van der Waals surface area contributed by atoms with Crippen LogP contribution in [0.2, 0.25) is 0 Å². The Morgan fingerprint density at radius 2 is 2.00 bits per heavy atom. The molecule has 0 unspecified atom stereocenters. The van der Waals surface area contributed by atoms with Gasteiger partial charge in [0, 0.05) is 0 Å². The Morgan fingerprint density at radius 1 is 1.50 bits per heavy atom. The lowest BCUT2D eigenvalue weighted by atomic mass is 10.1. The van der Waals surface area contributed by atoms with E-state index in [9.17, 15) is 4.79 Å². The smallest absolute Gasteiger partial charge is 0.189 e. The van der Waals surface area contributed by atoms with E-state index < -0.39 is 24.6 Å². The Morgan fingerprint density at radius 3 is 2.30 bits per heavy atom. The summed E-state index contributed by atoms with van der Waals surface area (Å²) in [5.74, 6) is -0.741. The quantitative estimate of drug-likeness (QED) is 0.462. The Bertz CT molecular complexity index is 112. The zero-order valence-corrected chi connectivity index (χ0v) is 5.82. The minimum Gasteiger partial charge on any atom is -0.390 e. The fourth-order valence-electron chi connectivity index (χ4n) is 0.531. The van der Waals surface area contributed by atoms with Crippen LogP contribution in [0.4, 0.5) is 0 Å². The second kappa shape index (κ2) is 4.38. The van der Waals surface area contributed by atoms with E-state index in [0.29, 0.717) is 6.42 Å². The van der Waals surface area contributed by atoms with Crippen LogP contribution in [0.3, 0.4) is 0 Å². The summed E-state index contributed by atoms with van der Waals surface area (Å²) >= 11 is 0. The number of carbonyl (C=O) groups excluding carboxylic acids is 1. The molecular formula is C6H12O4. The highest BCUT2D eigenvalue weighted by molar-refractivity contribution is 5.84. The standard InChI is InChI=1S/C6H12O4/c1-2-4(8)6(10)5(9)3-7/h4,6-8,10H,2-3H2,1H3/t4-,6+/m0/s1. The molecule has 0 saturated heterocycles. The first kappa shape index (κ1) is 9.55. The van der Waals surface area contributed by atoms with Crippen molar-refractivity contribution in [1.82, 2.24) is 0 Å². The van der Waals surface area contributed by atoms with Crippen molar-refractivity contribution in [2.75, 3.05) is 6.61 Å². The molecule has 4 nitrogen and oxygen atoms in total. The highest BCUT2D eigenvalue weighted by Gasteiger charge is 2.20. The highest BCUT2D eigenvalue weighted by Crippen LogP contribution is 1.98. The van der Waals surface area contributed by atoms with Crippen molar-refractivity contribution in [3.05, 3.63) is 0 Å². The van der Waals surface area contributed by atoms with E-state index in [2.05, 4.69) is 0 Å². The molecule has 0 aromatic rings. The third-order valence-corrected chi connectivity index (χ3v) is 1.27. The second-order valence-corrected chi connectivity index (χ2v) is 2.04. The summed E-state index contributed by atoms with van der Waals surface area (Å²) < 4.78 is 0. The van der Waals surface area contributed by atoms with E-state index in [0.717, 1.165) is 0 Å². The maximum absolute atomic E-state index is 10.5. The molecule has 0 amide bonds. The molecule has 0 radical (unpaired) electrons. The molecule has 0 aliphatic rings. The van der Waals surface area contributed by atoms with Crippen molar-refractivity contribution in [2.24, 2.45) is 0 Å². The van der Waals surface area contributed by atoms with Gasteiger partial charge in [-0.05, 0) is 6.42 Å². The molecule has 0 spiro atoms. The predicted octanol–water partition coefficient (Wildman–Crippen LogP) is -1.32. The van der Waals surface area contributed by atoms with Crippen LogP contribution in [0.25, 0.3) is 0 Å². The minimum atomic E-state index is -1.44. The Balaban J connectivity index is 3.81. The summed E-state index contributed by atoms with van der Waals surface area (Å²) in [5, 5.41) is 25.9. The summed E-state index contributed by atoms with van der Waals surface area (Å²) in [7, 11) is 0. The molecule has 0 fully saturated rings. The number of Topliss-reactive ketones (excluding diaryl/α,β-unsaturated/α-hetero) is 1. The lowest BCUT2D eigenvalue weighted by Gasteiger charge is -2.12. The Labute approximate surface area is 59.1 Å². The Kier molecular flexibility index (Phi) is 4.18.